The van der Waals surface area contributed by atoms with Crippen LogP contribution in [0.5, 0.6) is 0 Å². The van der Waals surface area contributed by atoms with Gasteiger partial charge >= 0.3 is 0 Å². The monoisotopic (exact) mass is 804 g/mol. The highest BCUT2D eigenvalue weighted by atomic mass is 16.3. The van der Waals surface area contributed by atoms with E-state index in [2.05, 4.69) is 113 Å². The summed E-state index contributed by atoms with van der Waals surface area (Å²) in [6.07, 6.45) is 2.84. The number of ketones is 1. The second-order valence-electron chi connectivity index (χ2n) is 15.3. The summed E-state index contributed by atoms with van der Waals surface area (Å²) in [6.45, 7) is 0. The number of fused-ring (bicyclic) bond motifs is 8. The van der Waals surface area contributed by atoms with Crippen LogP contribution >= 0.6 is 0 Å². The number of benzene rings is 6. The molecule has 12 aromatic rings. The van der Waals surface area contributed by atoms with Crippen LogP contribution in [0.15, 0.2) is 170 Å². The minimum atomic E-state index is -0.925. The quantitative estimate of drug-likeness (QED) is 0.177. The first kappa shape index (κ1) is 33.9. The number of aromatic nitrogens is 10. The first-order chi connectivity index (χ1) is 30.5. The van der Waals surface area contributed by atoms with Gasteiger partial charge < -0.3 is 19.3 Å². The molecule has 62 heavy (non-hydrogen) atoms. The van der Waals surface area contributed by atoms with Crippen LogP contribution < -0.4 is 10.2 Å². The maximum atomic E-state index is 14.3. The third-order valence-corrected chi connectivity index (χ3v) is 12.0. The van der Waals surface area contributed by atoms with E-state index in [0.29, 0.717) is 22.9 Å². The lowest BCUT2D eigenvalue weighted by Gasteiger charge is -2.15. The minimum Gasteiger partial charge on any atom is -0.872 e. The summed E-state index contributed by atoms with van der Waals surface area (Å²) in [5.41, 5.74) is 8.24. The summed E-state index contributed by atoms with van der Waals surface area (Å²) in [7, 11) is 0. The van der Waals surface area contributed by atoms with Crippen molar-refractivity contribution in [2.45, 2.75) is 0 Å². The van der Waals surface area contributed by atoms with E-state index < -0.39 is 17.3 Å². The average molecular weight is 805 g/mol. The second kappa shape index (κ2) is 12.5. The van der Waals surface area contributed by atoms with E-state index in [9.17, 15) is 15.0 Å². The molecule has 0 atom stereocenters. The van der Waals surface area contributed by atoms with Crippen molar-refractivity contribution in [1.29, 1.82) is 0 Å². The Morgan fingerprint density at radius 2 is 0.887 bits per heavy atom. The molecule has 13 rings (SSSR count). The van der Waals surface area contributed by atoms with Gasteiger partial charge in [-0.1, -0.05) is 84.3 Å². The molecule has 294 valence electrons. The molecule has 0 unspecified atom stereocenters. The maximum Gasteiger partial charge on any atom is 0.182 e. The molecule has 1 aliphatic rings. The number of rotatable bonds is 6. The Bertz CT molecular complexity index is 3910. The molecule has 2 N–H and O–H groups in total. The topological polar surface area (TPSA) is 165 Å². The van der Waals surface area contributed by atoms with Crippen LogP contribution in [0.2, 0.25) is 0 Å². The van der Waals surface area contributed by atoms with Crippen molar-refractivity contribution in [1.82, 2.24) is 48.8 Å². The van der Waals surface area contributed by atoms with Crippen LogP contribution in [0.1, 0.15) is 11.1 Å². The molecule has 0 saturated carbocycles. The number of nitrogens with one attached hydrogen (secondary N) is 2. The summed E-state index contributed by atoms with van der Waals surface area (Å²) < 4.78 is 7.56. The minimum absolute atomic E-state index is 0.181. The van der Waals surface area contributed by atoms with Crippen molar-refractivity contribution in [3.8, 4) is 34.2 Å². The lowest BCUT2D eigenvalue weighted by molar-refractivity contribution is -0.301. The number of aromatic amines is 2. The van der Waals surface area contributed by atoms with Gasteiger partial charge in [0, 0.05) is 60.7 Å². The molecule has 13 nitrogen and oxygen atoms in total. The molecule has 6 heterocycles. The van der Waals surface area contributed by atoms with Crippen molar-refractivity contribution in [2.24, 2.45) is 0 Å². The third kappa shape index (κ3) is 4.58. The Morgan fingerprint density at radius 3 is 1.39 bits per heavy atom. The molecule has 0 saturated heterocycles. The van der Waals surface area contributed by atoms with Crippen molar-refractivity contribution < 1.29 is 15.0 Å². The Morgan fingerprint density at radius 1 is 0.452 bits per heavy atom. The summed E-state index contributed by atoms with van der Waals surface area (Å²) in [5, 5.41) is 56.5. The Labute approximate surface area is 349 Å². The molecule has 0 radical (unpaired) electrons. The Kier molecular flexibility index (Phi) is 6.85. The highest BCUT2D eigenvalue weighted by Gasteiger charge is 2.30. The van der Waals surface area contributed by atoms with E-state index in [1.54, 1.807) is 9.03 Å². The maximum absolute atomic E-state index is 14.3. The van der Waals surface area contributed by atoms with Crippen LogP contribution in [-0.4, -0.2) is 54.5 Å². The molecule has 0 spiro atoms. The standard InChI is InChI=1S/C49H30N10O3/c60-43-41(35-25-50-58-46(52-54-48(35)58)27-19-21-39-33(23-27)31-15-7-9-17-37(31)56(39)29-11-3-1-4-12-29)44(61)45(62)42(43)36-26-51-59-47(53-55-49(36)59)28-20-22-40-34(24-28)32-16-8-10-18-38(32)57(40)30-13-5-2-6-14-30/h1-26,54-55,60H,(H,61,62)/p-2. The van der Waals surface area contributed by atoms with Gasteiger partial charge in [-0.2, -0.15) is 29.4 Å². The predicted molar refractivity (Wildman–Crippen MR) is 233 cm³/mol. The highest BCUT2D eigenvalue weighted by Crippen LogP contribution is 2.41. The molecule has 6 aromatic carbocycles. The molecule has 0 amide bonds. The number of carbonyl (C=O) groups is 1. The summed E-state index contributed by atoms with van der Waals surface area (Å²) in [4.78, 5) is 13.8. The van der Waals surface area contributed by atoms with Crippen LogP contribution in [0.3, 0.4) is 0 Å². The number of para-hydroxylation sites is 4. The zero-order valence-corrected chi connectivity index (χ0v) is 32.3. The summed E-state index contributed by atoms with van der Waals surface area (Å²) >= 11 is 0. The molecule has 0 bridgehead atoms. The molecular weight excluding hydrogens is 777 g/mol. The fourth-order valence-corrected chi connectivity index (χ4v) is 9.26. The summed E-state index contributed by atoms with van der Waals surface area (Å²) in [5.74, 6) is -1.62. The molecule has 13 heteroatoms. The van der Waals surface area contributed by atoms with E-state index in [-0.39, 0.29) is 22.3 Å². The zero-order chi connectivity index (χ0) is 41.2. The second-order valence-corrected chi connectivity index (χ2v) is 15.3. The Balaban J connectivity index is 0.876. The van der Waals surface area contributed by atoms with Gasteiger partial charge in [-0.25, -0.2) is 0 Å². The smallest absolute Gasteiger partial charge is 0.182 e. The van der Waals surface area contributed by atoms with Gasteiger partial charge in [0.15, 0.2) is 28.7 Å². The number of carbonyl (C=O) groups excluding carboxylic acids is 1. The van der Waals surface area contributed by atoms with Crippen LogP contribution in [0.4, 0.5) is 0 Å². The fraction of sp³-hybridized carbons (Fsp3) is 0. The lowest BCUT2D eigenvalue weighted by Crippen LogP contribution is -2.14. The number of allylic oxidation sites excluding steroid dienone is 2. The highest BCUT2D eigenvalue weighted by molar-refractivity contribution is 6.37. The van der Waals surface area contributed by atoms with Crippen LogP contribution in [0.25, 0.3) is 100 Å². The van der Waals surface area contributed by atoms with Crippen LogP contribution in [-0.2, 0) is 4.79 Å². The largest absolute Gasteiger partial charge is 0.872 e. The van der Waals surface area contributed by atoms with E-state index in [1.165, 1.54) is 12.4 Å². The number of hydrogen-bond donors (Lipinski definition) is 2. The molecular formula is C49H28N10O3-2. The zero-order valence-electron chi connectivity index (χ0n) is 32.3. The van der Waals surface area contributed by atoms with E-state index in [1.807, 2.05) is 72.8 Å². The van der Waals surface area contributed by atoms with Crippen molar-refractivity contribution in [3.63, 3.8) is 0 Å². The molecule has 0 fully saturated rings. The van der Waals surface area contributed by atoms with Gasteiger partial charge in [-0.15, -0.1) is 0 Å². The summed E-state index contributed by atoms with van der Waals surface area (Å²) in [6, 6.07) is 49.0. The van der Waals surface area contributed by atoms with Gasteiger partial charge in [0.2, 0.25) is 0 Å². The first-order valence-corrected chi connectivity index (χ1v) is 19.9. The van der Waals surface area contributed by atoms with Crippen LogP contribution in [0, 0.1) is 0 Å². The normalized spacial score (nSPS) is 13.5. The van der Waals surface area contributed by atoms with E-state index in [4.69, 9.17) is 0 Å². The third-order valence-electron chi connectivity index (χ3n) is 12.0. The lowest BCUT2D eigenvalue weighted by atomic mass is 10.1. The number of hydrogen-bond acceptors (Lipinski definition) is 7. The molecule has 6 aromatic heterocycles. The van der Waals surface area contributed by atoms with E-state index in [0.717, 1.165) is 66.1 Å². The average Bonchev–Trinajstić information content (AvgIpc) is 4.19. The van der Waals surface area contributed by atoms with Gasteiger partial charge in [-0.3, -0.25) is 15.0 Å². The van der Waals surface area contributed by atoms with Crippen molar-refractivity contribution in [3.05, 3.63) is 181 Å². The van der Waals surface area contributed by atoms with Gasteiger partial charge in [-0.05, 0) is 78.4 Å². The van der Waals surface area contributed by atoms with Gasteiger partial charge in [0.05, 0.1) is 34.5 Å². The number of nitrogens with zero attached hydrogens (tertiary/aromatic N) is 8. The van der Waals surface area contributed by atoms with Gasteiger partial charge in [0.1, 0.15) is 0 Å². The SMILES string of the molecule is O=C1C([O-])=C(c2cnn3c(-c4ccc5c(c4)c4ccccc4n5-c4ccccc4)n[nH]c23)C([O-])=C1c1cnn2c(-c3ccc4c(c3)c3ccccc3n4-c3ccccc3)n[nH]c12. The van der Waals surface area contributed by atoms with E-state index >= 15 is 0 Å². The number of H-pyrrole nitrogens is 2. The molecule has 0 aliphatic heterocycles. The fourth-order valence-electron chi connectivity index (χ4n) is 9.26. The van der Waals surface area contributed by atoms with Crippen molar-refractivity contribution >= 4 is 71.8 Å². The molecule has 1 aliphatic carbocycles. The first-order valence-electron chi connectivity index (χ1n) is 19.9. The van der Waals surface area contributed by atoms with Crippen molar-refractivity contribution in [2.75, 3.05) is 0 Å². The Hall–Kier alpha value is -8.97. The predicted octanol–water partition coefficient (Wildman–Crippen LogP) is 7.38. The number of Topliss-reactive ketones (excluding diaryl/α,β-unsaturated/α-hetero) is 1. The van der Waals surface area contributed by atoms with Gasteiger partial charge in [0.25, 0.3) is 0 Å².